The summed E-state index contributed by atoms with van der Waals surface area (Å²) in [5, 5.41) is 0. The zero-order valence-electron chi connectivity index (χ0n) is 8.72. The van der Waals surface area contributed by atoms with E-state index >= 15 is 0 Å². The summed E-state index contributed by atoms with van der Waals surface area (Å²) < 4.78 is 41.9. The highest BCUT2D eigenvalue weighted by molar-refractivity contribution is 5.11. The molecule has 0 aliphatic heterocycles. The van der Waals surface area contributed by atoms with Gasteiger partial charge in [-0.2, -0.15) is 18.2 Å². The Bertz CT molecular complexity index is 507. The molecule has 0 bridgehead atoms. The summed E-state index contributed by atoms with van der Waals surface area (Å²) in [6.07, 6.45) is -0.821. The molecule has 0 amide bonds. The monoisotopic (exact) mass is 260 g/mol. The molecule has 6 nitrogen and oxygen atoms in total. The maximum absolute atomic E-state index is 12.3. The van der Waals surface area contributed by atoms with Gasteiger partial charge in [-0.3, -0.25) is 0 Å². The number of halogens is 3. The minimum absolute atomic E-state index is 0. The van der Waals surface area contributed by atoms with Crippen molar-refractivity contribution in [3.8, 4) is 12.0 Å². The van der Waals surface area contributed by atoms with E-state index in [-0.39, 0.29) is 11.5 Å². The van der Waals surface area contributed by atoms with E-state index in [1.807, 2.05) is 0 Å². The number of hydrogen-bond donors (Lipinski definition) is 0. The van der Waals surface area contributed by atoms with Gasteiger partial charge in [0.05, 0.1) is 0 Å². The van der Waals surface area contributed by atoms with E-state index in [1.165, 1.54) is 12.4 Å². The summed E-state index contributed by atoms with van der Waals surface area (Å²) in [6, 6.07) is 1.72. The van der Waals surface area contributed by atoms with Gasteiger partial charge in [0.25, 0.3) is 0 Å². The second kappa shape index (κ2) is 5.36. The molecule has 2 heterocycles. The fraction of sp³-hybridized carbons (Fsp3) is 0.111. The average molecular weight is 260 g/mol. The fourth-order valence-electron chi connectivity index (χ4n) is 0.968. The predicted octanol–water partition coefficient (Wildman–Crippen LogP) is 1.25. The Labute approximate surface area is 98.8 Å². The van der Waals surface area contributed by atoms with Crippen LogP contribution in [-0.4, -0.2) is 25.4 Å². The quantitative estimate of drug-likeness (QED) is 0.810. The maximum Gasteiger partial charge on any atom is 0.433 e. The van der Waals surface area contributed by atoms with E-state index in [1.54, 1.807) is 6.07 Å². The summed E-state index contributed by atoms with van der Waals surface area (Å²) in [6.45, 7) is 0. The molecule has 2 rings (SSSR count). The molecule has 2 aromatic rings. The first-order valence-corrected chi connectivity index (χ1v) is 4.41. The van der Waals surface area contributed by atoms with Gasteiger partial charge in [0.15, 0.2) is 5.69 Å². The standard InChI is InChI=1S/C9H5F3N4O.H2O/c10-9(11,12)6-2-5-15-8(16-6)17-7-13-3-1-4-14-7;/h1-5H;1H2. The highest BCUT2D eigenvalue weighted by Crippen LogP contribution is 2.28. The van der Waals surface area contributed by atoms with Crippen LogP contribution in [0.5, 0.6) is 12.0 Å². The molecule has 0 unspecified atom stereocenters. The topological polar surface area (TPSA) is 92.3 Å². The smallest absolute Gasteiger partial charge is 0.412 e. The number of ether oxygens (including phenoxy) is 1. The van der Waals surface area contributed by atoms with Crippen LogP contribution in [0.25, 0.3) is 0 Å². The van der Waals surface area contributed by atoms with Crippen molar-refractivity contribution in [3.05, 3.63) is 36.4 Å². The maximum atomic E-state index is 12.3. The van der Waals surface area contributed by atoms with Crippen LogP contribution in [0.15, 0.2) is 30.7 Å². The van der Waals surface area contributed by atoms with Crippen LogP contribution >= 0.6 is 0 Å². The molecule has 0 aliphatic rings. The summed E-state index contributed by atoms with van der Waals surface area (Å²) in [5.41, 5.74) is -1.08. The van der Waals surface area contributed by atoms with Gasteiger partial charge in [-0.15, -0.1) is 0 Å². The number of rotatable bonds is 2. The first-order chi connectivity index (χ1) is 8.05. The van der Waals surface area contributed by atoms with Crippen LogP contribution in [-0.2, 0) is 6.18 Å². The number of hydrogen-bond acceptors (Lipinski definition) is 5. The van der Waals surface area contributed by atoms with Crippen molar-refractivity contribution in [2.75, 3.05) is 0 Å². The molecule has 0 aliphatic carbocycles. The molecule has 0 saturated carbocycles. The van der Waals surface area contributed by atoms with Crippen LogP contribution in [0.4, 0.5) is 13.2 Å². The van der Waals surface area contributed by atoms with E-state index in [9.17, 15) is 13.2 Å². The summed E-state index contributed by atoms with van der Waals surface area (Å²) in [5.74, 6) is 0. The molecule has 0 radical (unpaired) electrons. The van der Waals surface area contributed by atoms with Gasteiger partial charge in [0, 0.05) is 18.6 Å². The first-order valence-electron chi connectivity index (χ1n) is 4.41. The van der Waals surface area contributed by atoms with Crippen LogP contribution in [0.3, 0.4) is 0 Å². The van der Waals surface area contributed by atoms with Crippen LogP contribution in [0.2, 0.25) is 0 Å². The molecule has 0 saturated heterocycles. The van der Waals surface area contributed by atoms with Crippen molar-refractivity contribution in [2.24, 2.45) is 0 Å². The van der Waals surface area contributed by atoms with Gasteiger partial charge < -0.3 is 10.2 Å². The van der Waals surface area contributed by atoms with Crippen molar-refractivity contribution in [1.29, 1.82) is 0 Å². The van der Waals surface area contributed by atoms with Crippen molar-refractivity contribution in [1.82, 2.24) is 19.9 Å². The van der Waals surface area contributed by atoms with Crippen molar-refractivity contribution in [2.45, 2.75) is 6.18 Å². The summed E-state index contributed by atoms with van der Waals surface area (Å²) in [7, 11) is 0. The SMILES string of the molecule is FC(F)(F)c1ccnc(Oc2ncccn2)n1.O. The Morgan fingerprint density at radius 2 is 1.56 bits per heavy atom. The Balaban J connectivity index is 0.00000162. The zero-order valence-corrected chi connectivity index (χ0v) is 8.72. The summed E-state index contributed by atoms with van der Waals surface area (Å²) >= 11 is 0. The van der Waals surface area contributed by atoms with Crippen LogP contribution in [0.1, 0.15) is 5.69 Å². The second-order valence-electron chi connectivity index (χ2n) is 2.86. The molecule has 0 aromatic carbocycles. The second-order valence-corrected chi connectivity index (χ2v) is 2.86. The van der Waals surface area contributed by atoms with Crippen LogP contribution < -0.4 is 4.74 Å². The lowest BCUT2D eigenvalue weighted by Crippen LogP contribution is -2.09. The third kappa shape index (κ3) is 3.35. The average Bonchev–Trinajstić information content (AvgIpc) is 2.29. The molecule has 0 fully saturated rings. The number of nitrogens with zero attached hydrogens (tertiary/aromatic N) is 4. The third-order valence-corrected chi connectivity index (χ3v) is 1.65. The Kier molecular flexibility index (Phi) is 4.10. The van der Waals surface area contributed by atoms with Gasteiger partial charge in [0.1, 0.15) is 0 Å². The lowest BCUT2D eigenvalue weighted by molar-refractivity contribution is -0.141. The number of aromatic nitrogens is 4. The van der Waals surface area contributed by atoms with Crippen molar-refractivity contribution < 1.29 is 23.4 Å². The minimum atomic E-state index is -4.54. The molecule has 2 aromatic heterocycles. The first kappa shape index (κ1) is 13.8. The largest absolute Gasteiger partial charge is 0.433 e. The molecule has 2 N–H and O–H groups in total. The van der Waals surface area contributed by atoms with Gasteiger partial charge in [-0.1, -0.05) is 0 Å². The van der Waals surface area contributed by atoms with Gasteiger partial charge in [-0.25, -0.2) is 15.0 Å². The summed E-state index contributed by atoms with van der Waals surface area (Å²) in [4.78, 5) is 14.1. The highest BCUT2D eigenvalue weighted by atomic mass is 19.4. The third-order valence-electron chi connectivity index (χ3n) is 1.65. The fourth-order valence-corrected chi connectivity index (χ4v) is 0.968. The van der Waals surface area contributed by atoms with Gasteiger partial charge in [0.2, 0.25) is 0 Å². The number of alkyl halides is 3. The van der Waals surface area contributed by atoms with Crippen molar-refractivity contribution >= 4 is 0 Å². The van der Waals surface area contributed by atoms with E-state index in [0.717, 1.165) is 12.3 Å². The van der Waals surface area contributed by atoms with E-state index in [4.69, 9.17) is 4.74 Å². The van der Waals surface area contributed by atoms with E-state index in [2.05, 4.69) is 19.9 Å². The Morgan fingerprint density at radius 1 is 0.944 bits per heavy atom. The van der Waals surface area contributed by atoms with Crippen LogP contribution in [0, 0.1) is 0 Å². The van der Waals surface area contributed by atoms with Gasteiger partial charge in [-0.05, 0) is 12.1 Å². The molecular weight excluding hydrogens is 253 g/mol. The Hall–Kier alpha value is -2.29. The van der Waals surface area contributed by atoms with Crippen molar-refractivity contribution in [3.63, 3.8) is 0 Å². The molecule has 18 heavy (non-hydrogen) atoms. The predicted molar refractivity (Wildman–Crippen MR) is 52.8 cm³/mol. The molecule has 0 atom stereocenters. The van der Waals surface area contributed by atoms with E-state index in [0.29, 0.717) is 0 Å². The van der Waals surface area contributed by atoms with Gasteiger partial charge >= 0.3 is 18.2 Å². The Morgan fingerprint density at radius 3 is 2.17 bits per heavy atom. The molecule has 9 heteroatoms. The minimum Gasteiger partial charge on any atom is -0.412 e. The molecule has 96 valence electrons. The lowest BCUT2D eigenvalue weighted by Gasteiger charge is -2.06. The van der Waals surface area contributed by atoms with E-state index < -0.39 is 17.9 Å². The molecular formula is C9H7F3N4O2. The molecule has 0 spiro atoms. The highest BCUT2D eigenvalue weighted by Gasteiger charge is 2.33. The lowest BCUT2D eigenvalue weighted by atomic mass is 10.4. The normalized spacial score (nSPS) is 10.6. The zero-order chi connectivity index (χ0) is 12.3.